The Hall–Kier alpha value is -1.53. The highest BCUT2D eigenvalue weighted by Crippen LogP contribution is 2.30. The topological polar surface area (TPSA) is 228 Å². The first-order valence-corrected chi connectivity index (χ1v) is 36.6. The number of aliphatic hydroxyl groups excluding tert-OH is 8. The molecule has 0 spiro atoms. The number of hydrogen-bond acceptors (Lipinski definition) is 13. The van der Waals surface area contributed by atoms with Crippen molar-refractivity contribution in [2.45, 2.75) is 408 Å². The van der Waals surface area contributed by atoms with Crippen molar-refractivity contribution < 1.29 is 64.6 Å². The molecule has 0 aromatic heterocycles. The monoisotopic (exact) mass is 1220 g/mol. The van der Waals surface area contributed by atoms with Crippen molar-refractivity contribution >= 4 is 5.91 Å². The minimum atomic E-state index is -1.79. The van der Waals surface area contributed by atoms with Crippen LogP contribution in [0.1, 0.15) is 335 Å². The van der Waals surface area contributed by atoms with Gasteiger partial charge in [0.2, 0.25) is 5.91 Å². The molecule has 12 atom stereocenters. The van der Waals surface area contributed by atoms with E-state index >= 15 is 0 Å². The maximum atomic E-state index is 13.3. The van der Waals surface area contributed by atoms with Crippen LogP contribution in [0.15, 0.2) is 24.3 Å². The number of aliphatic hydroxyl groups is 8. The maximum Gasteiger partial charge on any atom is 0.220 e. The fourth-order valence-electron chi connectivity index (χ4n) is 12.3. The largest absolute Gasteiger partial charge is 0.394 e. The molecule has 2 aliphatic heterocycles. The highest BCUT2D eigenvalue weighted by Gasteiger charge is 2.51. The van der Waals surface area contributed by atoms with E-state index in [1.54, 1.807) is 6.08 Å². The molecule has 14 heteroatoms. The maximum absolute atomic E-state index is 13.3. The van der Waals surface area contributed by atoms with E-state index in [9.17, 15) is 45.6 Å². The second-order valence-electron chi connectivity index (χ2n) is 26.1. The van der Waals surface area contributed by atoms with Crippen LogP contribution in [0.25, 0.3) is 0 Å². The van der Waals surface area contributed by atoms with E-state index in [2.05, 4.69) is 31.3 Å². The van der Waals surface area contributed by atoms with Crippen LogP contribution in [0.4, 0.5) is 0 Å². The molecule has 0 aromatic rings. The van der Waals surface area contributed by atoms with Crippen LogP contribution in [0.2, 0.25) is 0 Å². The third-order valence-electron chi connectivity index (χ3n) is 18.1. The van der Waals surface area contributed by atoms with Crippen molar-refractivity contribution in [3.63, 3.8) is 0 Å². The first kappa shape index (κ1) is 80.6. The van der Waals surface area contributed by atoms with Crippen LogP contribution in [0.3, 0.4) is 0 Å². The van der Waals surface area contributed by atoms with Crippen LogP contribution in [-0.4, -0.2) is 140 Å². The lowest BCUT2D eigenvalue weighted by atomic mass is 9.97. The summed E-state index contributed by atoms with van der Waals surface area (Å²) in [5, 5.41) is 87.4. The zero-order chi connectivity index (χ0) is 62.3. The molecule has 0 aromatic carbocycles. The van der Waals surface area contributed by atoms with Gasteiger partial charge in [0, 0.05) is 6.42 Å². The lowest BCUT2D eigenvalue weighted by Gasteiger charge is -2.46. The number of carbonyl (C=O) groups excluding carboxylic acids is 1. The third-order valence-corrected chi connectivity index (χ3v) is 18.1. The molecular weight excluding hydrogens is 1090 g/mol. The first-order valence-electron chi connectivity index (χ1n) is 36.6. The van der Waals surface area contributed by atoms with Crippen molar-refractivity contribution in [2.75, 3.05) is 19.8 Å². The molecule has 2 fully saturated rings. The standard InChI is InChI=1S/C72H137NO13/c1-3-5-7-9-11-13-15-17-19-21-23-24-25-26-27-28-29-30-31-32-33-34-35-36-38-39-41-43-45-47-49-51-53-55-61(76)60(73-64(77)56-54-52-50-48-46-44-42-40-37-22-20-18-16-14-12-10-8-6-4-2)59-83-71-69(82)67(80)70(63(58-75)85-71)86-72-68(81)66(79)65(78)62(57-74)84-72/h45,47,53,55,60-63,65-72,74-76,78-82H,3-44,46,48-52,54,56-59H2,1-2H3,(H,73,77)/b47-45+,55-53+. The van der Waals surface area contributed by atoms with Gasteiger partial charge in [0.15, 0.2) is 12.6 Å². The van der Waals surface area contributed by atoms with Gasteiger partial charge in [-0.15, -0.1) is 0 Å². The van der Waals surface area contributed by atoms with Crippen LogP contribution in [0.5, 0.6) is 0 Å². The van der Waals surface area contributed by atoms with E-state index in [1.807, 2.05) is 6.08 Å². The quantitative estimate of drug-likeness (QED) is 0.0204. The number of rotatable bonds is 61. The average molecular weight is 1220 g/mol. The van der Waals surface area contributed by atoms with E-state index in [0.717, 1.165) is 32.1 Å². The van der Waals surface area contributed by atoms with E-state index in [0.29, 0.717) is 12.8 Å². The summed E-state index contributed by atoms with van der Waals surface area (Å²) in [7, 11) is 0. The summed E-state index contributed by atoms with van der Waals surface area (Å²) in [6, 6.07) is -0.929. The van der Waals surface area contributed by atoms with Crippen molar-refractivity contribution in [1.29, 1.82) is 0 Å². The van der Waals surface area contributed by atoms with Gasteiger partial charge in [-0.1, -0.05) is 321 Å². The second-order valence-corrected chi connectivity index (χ2v) is 26.1. The summed E-state index contributed by atoms with van der Waals surface area (Å²) < 4.78 is 22.8. The molecule has 0 radical (unpaired) electrons. The summed E-state index contributed by atoms with van der Waals surface area (Å²) in [6.45, 7) is 2.84. The van der Waals surface area contributed by atoms with Crippen molar-refractivity contribution in [3.05, 3.63) is 24.3 Å². The lowest BCUT2D eigenvalue weighted by molar-refractivity contribution is -0.359. The third kappa shape index (κ3) is 41.1. The van der Waals surface area contributed by atoms with Gasteiger partial charge < -0.3 is 65.1 Å². The molecule has 12 unspecified atom stereocenters. The molecule has 2 heterocycles. The molecule has 86 heavy (non-hydrogen) atoms. The average Bonchev–Trinajstić information content (AvgIpc) is 2.38. The van der Waals surface area contributed by atoms with Crippen LogP contribution in [-0.2, 0) is 23.7 Å². The highest BCUT2D eigenvalue weighted by atomic mass is 16.7. The van der Waals surface area contributed by atoms with E-state index in [1.165, 1.54) is 270 Å². The van der Waals surface area contributed by atoms with Gasteiger partial charge in [0.1, 0.15) is 48.8 Å². The van der Waals surface area contributed by atoms with E-state index in [-0.39, 0.29) is 18.9 Å². The predicted octanol–water partition coefficient (Wildman–Crippen LogP) is 15.1. The Morgan fingerprint density at radius 2 is 0.744 bits per heavy atom. The highest BCUT2D eigenvalue weighted by molar-refractivity contribution is 5.76. The fraction of sp³-hybridized carbons (Fsp3) is 0.931. The van der Waals surface area contributed by atoms with Crippen LogP contribution >= 0.6 is 0 Å². The normalized spacial score (nSPS) is 23.5. The van der Waals surface area contributed by atoms with Crippen LogP contribution < -0.4 is 5.32 Å². The number of unbranched alkanes of at least 4 members (excludes halogenated alkanes) is 46. The van der Waals surface area contributed by atoms with Gasteiger partial charge in [0.25, 0.3) is 0 Å². The Labute approximate surface area is 526 Å². The Kier molecular flexibility index (Phi) is 53.7. The van der Waals surface area contributed by atoms with E-state index in [4.69, 9.17) is 18.9 Å². The Bertz CT molecular complexity index is 1540. The van der Waals surface area contributed by atoms with Gasteiger partial charge in [-0.25, -0.2) is 0 Å². The molecular formula is C72H137NO13. The number of amides is 1. The van der Waals surface area contributed by atoms with E-state index < -0.39 is 86.8 Å². The molecule has 0 aliphatic carbocycles. The first-order chi connectivity index (χ1) is 42.1. The lowest BCUT2D eigenvalue weighted by Crippen LogP contribution is -2.65. The SMILES string of the molecule is CCCCCCCCCCCCCCCCCCCCCCCCCCCCC/C=C/CC/C=C/C(O)C(COC1OC(CO)C(OC2OC(CO)C(O)C(O)C2O)C(O)C1O)NC(=O)CCCCCCCCCCCCCCCCCCCCC. The number of hydrogen-bond donors (Lipinski definition) is 9. The molecule has 2 rings (SSSR count). The molecule has 1 amide bonds. The molecule has 0 saturated carbocycles. The Morgan fingerprint density at radius 3 is 1.14 bits per heavy atom. The Balaban J connectivity index is 1.65. The fourth-order valence-corrected chi connectivity index (χ4v) is 12.3. The molecule has 9 N–H and O–H groups in total. The zero-order valence-electron chi connectivity index (χ0n) is 55.3. The minimum absolute atomic E-state index is 0.242. The van der Waals surface area contributed by atoms with Gasteiger partial charge in [0.05, 0.1) is 32.0 Å². The van der Waals surface area contributed by atoms with Gasteiger partial charge in [-0.05, 0) is 32.1 Å². The zero-order valence-corrected chi connectivity index (χ0v) is 55.3. The smallest absolute Gasteiger partial charge is 0.220 e. The van der Waals surface area contributed by atoms with Gasteiger partial charge in [-0.3, -0.25) is 4.79 Å². The van der Waals surface area contributed by atoms with Crippen LogP contribution in [0, 0.1) is 0 Å². The molecule has 2 saturated heterocycles. The number of ether oxygens (including phenoxy) is 4. The summed E-state index contributed by atoms with van der Waals surface area (Å²) in [5.41, 5.74) is 0. The Morgan fingerprint density at radius 1 is 0.407 bits per heavy atom. The number of nitrogens with one attached hydrogen (secondary N) is 1. The molecule has 508 valence electrons. The minimum Gasteiger partial charge on any atom is -0.394 e. The van der Waals surface area contributed by atoms with Crippen molar-refractivity contribution in [1.82, 2.24) is 5.32 Å². The van der Waals surface area contributed by atoms with Gasteiger partial charge >= 0.3 is 0 Å². The molecule has 2 aliphatic rings. The molecule has 14 nitrogen and oxygen atoms in total. The summed E-state index contributed by atoms with van der Waals surface area (Å²) in [5.74, 6) is -0.242. The van der Waals surface area contributed by atoms with Crippen molar-refractivity contribution in [3.8, 4) is 0 Å². The van der Waals surface area contributed by atoms with Gasteiger partial charge in [-0.2, -0.15) is 0 Å². The second kappa shape index (κ2) is 57.4. The summed E-state index contributed by atoms with van der Waals surface area (Å²) >= 11 is 0. The summed E-state index contributed by atoms with van der Waals surface area (Å²) in [4.78, 5) is 13.3. The van der Waals surface area contributed by atoms with Crippen molar-refractivity contribution in [2.24, 2.45) is 0 Å². The number of carbonyl (C=O) groups is 1. The number of allylic oxidation sites excluding steroid dienone is 3. The molecule has 0 bridgehead atoms. The predicted molar refractivity (Wildman–Crippen MR) is 351 cm³/mol. The summed E-state index contributed by atoms with van der Waals surface area (Å²) in [6.07, 6.45) is 55.4.